The molecule has 1 aliphatic heterocycles. The minimum Gasteiger partial charge on any atom is -0.468 e. The zero-order valence-corrected chi connectivity index (χ0v) is 13.4. The van der Waals surface area contributed by atoms with Crippen LogP contribution in [-0.2, 0) is 0 Å². The SMILES string of the molecule is O=C(CNCC(c1ccco1)N1CCCCC1)c1ccccc1. The third-order valence-corrected chi connectivity index (χ3v) is 4.42. The molecule has 1 aliphatic rings. The molecular weight excluding hydrogens is 288 g/mol. The highest BCUT2D eigenvalue weighted by Crippen LogP contribution is 2.24. The van der Waals surface area contributed by atoms with Crippen molar-refractivity contribution in [3.63, 3.8) is 0 Å². The summed E-state index contributed by atoms with van der Waals surface area (Å²) in [6.45, 7) is 3.28. The Morgan fingerprint density at radius 3 is 2.57 bits per heavy atom. The van der Waals surface area contributed by atoms with E-state index in [9.17, 15) is 4.79 Å². The van der Waals surface area contributed by atoms with E-state index in [1.807, 2.05) is 42.5 Å². The summed E-state index contributed by atoms with van der Waals surface area (Å²) in [4.78, 5) is 14.7. The Balaban J connectivity index is 1.57. The van der Waals surface area contributed by atoms with Crippen molar-refractivity contribution in [1.29, 1.82) is 0 Å². The number of nitrogens with zero attached hydrogens (tertiary/aromatic N) is 1. The van der Waals surface area contributed by atoms with Crippen molar-refractivity contribution in [3.05, 3.63) is 60.1 Å². The Morgan fingerprint density at radius 1 is 1.09 bits per heavy atom. The van der Waals surface area contributed by atoms with Gasteiger partial charge in [0.25, 0.3) is 0 Å². The predicted molar refractivity (Wildman–Crippen MR) is 90.5 cm³/mol. The molecule has 4 heteroatoms. The minimum atomic E-state index is 0.127. The van der Waals surface area contributed by atoms with Gasteiger partial charge in [0.1, 0.15) is 5.76 Å². The number of rotatable bonds is 7. The van der Waals surface area contributed by atoms with Gasteiger partial charge in [-0.05, 0) is 38.1 Å². The smallest absolute Gasteiger partial charge is 0.176 e. The minimum absolute atomic E-state index is 0.127. The van der Waals surface area contributed by atoms with Crippen LogP contribution in [0.5, 0.6) is 0 Å². The average Bonchev–Trinajstić information content (AvgIpc) is 3.14. The zero-order valence-electron chi connectivity index (χ0n) is 13.4. The van der Waals surface area contributed by atoms with Gasteiger partial charge in [-0.3, -0.25) is 9.69 Å². The lowest BCUT2D eigenvalue weighted by Crippen LogP contribution is -2.40. The summed E-state index contributed by atoms with van der Waals surface area (Å²) in [6.07, 6.45) is 5.50. The first-order valence-corrected chi connectivity index (χ1v) is 8.41. The molecular formula is C19H24N2O2. The van der Waals surface area contributed by atoms with Crippen molar-refractivity contribution in [3.8, 4) is 0 Å². The van der Waals surface area contributed by atoms with Crippen LogP contribution in [0.3, 0.4) is 0 Å². The molecule has 1 aromatic heterocycles. The van der Waals surface area contributed by atoms with Crippen molar-refractivity contribution in [2.24, 2.45) is 0 Å². The lowest BCUT2D eigenvalue weighted by atomic mass is 10.1. The molecule has 1 saturated heterocycles. The Labute approximate surface area is 137 Å². The summed E-state index contributed by atoms with van der Waals surface area (Å²) in [5.41, 5.74) is 0.757. The highest BCUT2D eigenvalue weighted by atomic mass is 16.3. The topological polar surface area (TPSA) is 45.5 Å². The zero-order chi connectivity index (χ0) is 15.9. The summed E-state index contributed by atoms with van der Waals surface area (Å²) in [6, 6.07) is 13.6. The van der Waals surface area contributed by atoms with Gasteiger partial charge in [-0.15, -0.1) is 0 Å². The number of likely N-dealkylation sites (tertiary alicyclic amines) is 1. The molecule has 0 amide bonds. The molecule has 23 heavy (non-hydrogen) atoms. The molecule has 1 N–H and O–H groups in total. The van der Waals surface area contributed by atoms with Gasteiger partial charge in [-0.2, -0.15) is 0 Å². The summed E-state index contributed by atoms with van der Waals surface area (Å²) in [5.74, 6) is 1.11. The third-order valence-electron chi connectivity index (χ3n) is 4.42. The number of ketones is 1. The van der Waals surface area contributed by atoms with E-state index in [4.69, 9.17) is 4.42 Å². The van der Waals surface area contributed by atoms with Crippen LogP contribution in [0.1, 0.15) is 41.4 Å². The molecule has 0 aliphatic carbocycles. The number of Topliss-reactive ketones (excluding diaryl/α,β-unsaturated/α-hetero) is 1. The van der Waals surface area contributed by atoms with E-state index in [0.29, 0.717) is 6.54 Å². The van der Waals surface area contributed by atoms with Gasteiger partial charge in [0, 0.05) is 12.1 Å². The van der Waals surface area contributed by atoms with Gasteiger partial charge in [0.05, 0.1) is 18.8 Å². The van der Waals surface area contributed by atoms with Crippen LogP contribution in [0.4, 0.5) is 0 Å². The van der Waals surface area contributed by atoms with Crippen molar-refractivity contribution >= 4 is 5.78 Å². The van der Waals surface area contributed by atoms with Gasteiger partial charge in [-0.25, -0.2) is 0 Å². The molecule has 122 valence electrons. The molecule has 2 heterocycles. The number of hydrogen-bond donors (Lipinski definition) is 1. The summed E-state index contributed by atoms with van der Waals surface area (Å²) < 4.78 is 5.62. The fourth-order valence-corrected chi connectivity index (χ4v) is 3.17. The number of piperidine rings is 1. The predicted octanol–water partition coefficient (Wildman–Crippen LogP) is 3.28. The normalized spacial score (nSPS) is 17.0. The van der Waals surface area contributed by atoms with E-state index in [-0.39, 0.29) is 11.8 Å². The Bertz CT molecular complexity index is 589. The van der Waals surface area contributed by atoms with Crippen molar-refractivity contribution in [2.45, 2.75) is 25.3 Å². The molecule has 0 radical (unpaired) electrons. The van der Waals surface area contributed by atoms with Crippen LogP contribution in [-0.4, -0.2) is 36.9 Å². The van der Waals surface area contributed by atoms with Crippen molar-refractivity contribution in [2.75, 3.05) is 26.2 Å². The van der Waals surface area contributed by atoms with Crippen molar-refractivity contribution < 1.29 is 9.21 Å². The number of nitrogens with one attached hydrogen (secondary N) is 1. The number of carbonyl (C=O) groups is 1. The van der Waals surface area contributed by atoms with E-state index < -0.39 is 0 Å². The van der Waals surface area contributed by atoms with E-state index in [1.165, 1.54) is 19.3 Å². The average molecular weight is 312 g/mol. The maximum atomic E-state index is 12.2. The maximum absolute atomic E-state index is 12.2. The second-order valence-electron chi connectivity index (χ2n) is 6.05. The fraction of sp³-hybridized carbons (Fsp3) is 0.421. The summed E-state index contributed by atoms with van der Waals surface area (Å²) >= 11 is 0. The lowest BCUT2D eigenvalue weighted by Gasteiger charge is -2.33. The first-order valence-electron chi connectivity index (χ1n) is 8.41. The summed E-state index contributed by atoms with van der Waals surface area (Å²) in [7, 11) is 0. The Kier molecular flexibility index (Phi) is 5.61. The molecule has 3 rings (SSSR count). The van der Waals surface area contributed by atoms with Crippen molar-refractivity contribution in [1.82, 2.24) is 10.2 Å². The quantitative estimate of drug-likeness (QED) is 0.797. The molecule has 2 aromatic rings. The molecule has 0 bridgehead atoms. The van der Waals surface area contributed by atoms with Gasteiger partial charge < -0.3 is 9.73 Å². The van der Waals surface area contributed by atoms with Crippen LogP contribution >= 0.6 is 0 Å². The highest BCUT2D eigenvalue weighted by molar-refractivity contribution is 5.97. The van der Waals surface area contributed by atoms with Crippen LogP contribution in [0.25, 0.3) is 0 Å². The van der Waals surface area contributed by atoms with Gasteiger partial charge in [-0.1, -0.05) is 36.8 Å². The molecule has 0 saturated carbocycles. The van der Waals surface area contributed by atoms with Gasteiger partial charge in [0.15, 0.2) is 5.78 Å². The maximum Gasteiger partial charge on any atom is 0.176 e. The molecule has 1 atom stereocenters. The number of hydrogen-bond acceptors (Lipinski definition) is 4. The number of furan rings is 1. The van der Waals surface area contributed by atoms with Crippen LogP contribution in [0, 0.1) is 0 Å². The molecule has 1 aromatic carbocycles. The van der Waals surface area contributed by atoms with Crippen LogP contribution < -0.4 is 5.32 Å². The van der Waals surface area contributed by atoms with E-state index >= 15 is 0 Å². The Morgan fingerprint density at radius 2 is 1.87 bits per heavy atom. The second-order valence-corrected chi connectivity index (χ2v) is 6.05. The molecule has 1 unspecified atom stereocenters. The van der Waals surface area contributed by atoms with Crippen LogP contribution in [0.2, 0.25) is 0 Å². The Hall–Kier alpha value is -1.91. The fourth-order valence-electron chi connectivity index (χ4n) is 3.17. The second kappa shape index (κ2) is 8.09. The van der Waals surface area contributed by atoms with E-state index in [1.54, 1.807) is 6.26 Å². The number of carbonyl (C=O) groups excluding carboxylic acids is 1. The lowest BCUT2D eigenvalue weighted by molar-refractivity contribution is 0.0980. The molecule has 0 spiro atoms. The van der Waals surface area contributed by atoms with E-state index in [0.717, 1.165) is 31.0 Å². The summed E-state index contributed by atoms with van der Waals surface area (Å²) in [5, 5.41) is 3.32. The molecule has 4 nitrogen and oxygen atoms in total. The highest BCUT2D eigenvalue weighted by Gasteiger charge is 2.24. The largest absolute Gasteiger partial charge is 0.468 e. The third kappa shape index (κ3) is 4.30. The first-order chi connectivity index (χ1) is 11.3. The monoisotopic (exact) mass is 312 g/mol. The van der Waals surface area contributed by atoms with Crippen LogP contribution in [0.15, 0.2) is 53.1 Å². The van der Waals surface area contributed by atoms with Gasteiger partial charge in [0.2, 0.25) is 0 Å². The first kappa shape index (κ1) is 16.0. The standard InChI is InChI=1S/C19H24N2O2/c22-18(16-8-3-1-4-9-16)15-20-14-17(19-10-7-13-23-19)21-11-5-2-6-12-21/h1,3-4,7-10,13,17,20H,2,5-6,11-12,14-15H2. The van der Waals surface area contributed by atoms with E-state index in [2.05, 4.69) is 10.2 Å². The molecule has 1 fully saturated rings. The number of benzene rings is 1. The van der Waals surface area contributed by atoms with Gasteiger partial charge >= 0.3 is 0 Å².